The van der Waals surface area contributed by atoms with Crippen LogP contribution in [0.1, 0.15) is 17.5 Å². The molecular weight excluding hydrogens is 444 g/mol. The zero-order valence-electron chi connectivity index (χ0n) is 18.4. The highest BCUT2D eigenvalue weighted by atomic mass is 32.2. The van der Waals surface area contributed by atoms with Gasteiger partial charge in [0, 0.05) is 24.3 Å². The van der Waals surface area contributed by atoms with E-state index in [1.165, 1.54) is 11.8 Å². The molecule has 1 saturated heterocycles. The summed E-state index contributed by atoms with van der Waals surface area (Å²) in [4.78, 5) is 14.3. The minimum atomic E-state index is -3.04. The summed E-state index contributed by atoms with van der Waals surface area (Å²) in [5.74, 6) is 0.929. The molecule has 2 aromatic carbocycles. The first-order valence-electron chi connectivity index (χ1n) is 10.4. The van der Waals surface area contributed by atoms with Crippen LogP contribution in [0.15, 0.2) is 53.7 Å². The Labute approximate surface area is 192 Å². The number of aryl methyl sites for hydroxylation is 2. The number of sulfone groups is 1. The number of rotatable bonds is 6. The summed E-state index contributed by atoms with van der Waals surface area (Å²) in [6.07, 6.45) is 0.492. The predicted octanol–water partition coefficient (Wildman–Crippen LogP) is 3.29. The number of benzene rings is 2. The number of hydrogen-bond acceptors (Lipinski definition) is 6. The van der Waals surface area contributed by atoms with Crippen molar-refractivity contribution in [2.45, 2.75) is 31.5 Å². The van der Waals surface area contributed by atoms with Crippen LogP contribution in [-0.4, -0.2) is 64.3 Å². The van der Waals surface area contributed by atoms with E-state index in [1.807, 2.05) is 66.9 Å². The molecule has 0 bridgehead atoms. The first-order valence-corrected chi connectivity index (χ1v) is 13.2. The van der Waals surface area contributed by atoms with E-state index in [2.05, 4.69) is 10.2 Å². The van der Waals surface area contributed by atoms with E-state index in [0.29, 0.717) is 17.4 Å². The van der Waals surface area contributed by atoms with Crippen LogP contribution in [0, 0.1) is 13.8 Å². The van der Waals surface area contributed by atoms with Gasteiger partial charge in [0.2, 0.25) is 5.91 Å². The van der Waals surface area contributed by atoms with Gasteiger partial charge in [-0.25, -0.2) is 8.42 Å². The molecule has 32 heavy (non-hydrogen) atoms. The van der Waals surface area contributed by atoms with Crippen LogP contribution in [0.5, 0.6) is 0 Å². The third kappa shape index (κ3) is 4.88. The monoisotopic (exact) mass is 470 g/mol. The number of aromatic nitrogens is 3. The smallest absolute Gasteiger partial charge is 0.233 e. The highest BCUT2D eigenvalue weighted by Gasteiger charge is 2.32. The summed E-state index contributed by atoms with van der Waals surface area (Å²) in [7, 11) is -1.37. The second-order valence-corrected chi connectivity index (χ2v) is 11.4. The van der Waals surface area contributed by atoms with E-state index in [0.717, 1.165) is 22.4 Å². The summed E-state index contributed by atoms with van der Waals surface area (Å²) in [6, 6.07) is 15.9. The molecule has 0 radical (unpaired) electrons. The van der Waals surface area contributed by atoms with Crippen molar-refractivity contribution in [2.75, 3.05) is 24.3 Å². The van der Waals surface area contributed by atoms with Gasteiger partial charge >= 0.3 is 0 Å². The molecular formula is C23H26N4O3S2. The molecule has 0 aliphatic carbocycles. The molecule has 168 valence electrons. The fourth-order valence-corrected chi connectivity index (χ4v) is 6.34. The number of nitrogens with zero attached hydrogens (tertiary/aromatic N) is 4. The maximum atomic E-state index is 12.8. The first-order chi connectivity index (χ1) is 15.2. The van der Waals surface area contributed by atoms with E-state index < -0.39 is 9.84 Å². The van der Waals surface area contributed by atoms with Crippen molar-refractivity contribution in [3.63, 3.8) is 0 Å². The topological polar surface area (TPSA) is 85.2 Å². The quantitative estimate of drug-likeness (QED) is 0.514. The molecule has 1 aromatic heterocycles. The summed E-state index contributed by atoms with van der Waals surface area (Å²) in [5, 5.41) is 9.41. The SMILES string of the molecule is Cc1ccc(-c2nnc(SCC(=O)N(C)C3CCS(=O)(=O)C3)n2-c2ccc(C)cc2)cc1. The minimum absolute atomic E-state index is 0.0387. The van der Waals surface area contributed by atoms with Crippen LogP contribution in [0.25, 0.3) is 17.1 Å². The number of carbonyl (C=O) groups is 1. The lowest BCUT2D eigenvalue weighted by atomic mass is 10.1. The lowest BCUT2D eigenvalue weighted by Crippen LogP contribution is -2.38. The van der Waals surface area contributed by atoms with Crippen LogP contribution in [0.3, 0.4) is 0 Å². The Kier molecular flexibility index (Phi) is 6.39. The molecule has 0 saturated carbocycles. The highest BCUT2D eigenvalue weighted by Crippen LogP contribution is 2.29. The molecule has 7 nitrogen and oxygen atoms in total. The second kappa shape index (κ2) is 9.07. The molecule has 1 fully saturated rings. The van der Waals surface area contributed by atoms with Gasteiger partial charge in [-0.05, 0) is 32.4 Å². The lowest BCUT2D eigenvalue weighted by Gasteiger charge is -2.23. The van der Waals surface area contributed by atoms with Crippen molar-refractivity contribution < 1.29 is 13.2 Å². The van der Waals surface area contributed by atoms with Crippen LogP contribution in [-0.2, 0) is 14.6 Å². The second-order valence-electron chi connectivity index (χ2n) is 8.19. The molecule has 1 unspecified atom stereocenters. The van der Waals surface area contributed by atoms with Crippen molar-refractivity contribution >= 4 is 27.5 Å². The molecule has 1 aliphatic rings. The maximum absolute atomic E-state index is 12.8. The standard InChI is InChI=1S/C23H26N4O3S2/c1-16-4-8-18(9-5-16)22-24-25-23(27(22)19-10-6-17(2)7-11-19)31-14-21(28)26(3)20-12-13-32(29,30)15-20/h4-11,20H,12-15H2,1-3H3. The van der Waals surface area contributed by atoms with Gasteiger partial charge in [-0.15, -0.1) is 10.2 Å². The van der Waals surface area contributed by atoms with E-state index in [1.54, 1.807) is 11.9 Å². The van der Waals surface area contributed by atoms with Gasteiger partial charge in [0.05, 0.1) is 17.3 Å². The fraction of sp³-hybridized carbons (Fsp3) is 0.348. The molecule has 9 heteroatoms. The van der Waals surface area contributed by atoms with Crippen LogP contribution in [0.2, 0.25) is 0 Å². The van der Waals surface area contributed by atoms with Gasteiger partial charge in [0.1, 0.15) is 0 Å². The average Bonchev–Trinajstić information content (AvgIpc) is 3.35. The van der Waals surface area contributed by atoms with E-state index in [4.69, 9.17) is 0 Å². The van der Waals surface area contributed by atoms with Gasteiger partial charge in [-0.1, -0.05) is 59.3 Å². The van der Waals surface area contributed by atoms with Gasteiger partial charge in [0.25, 0.3) is 0 Å². The number of thioether (sulfide) groups is 1. The predicted molar refractivity (Wildman–Crippen MR) is 127 cm³/mol. The Balaban J connectivity index is 1.59. The number of carbonyl (C=O) groups excluding carboxylic acids is 1. The van der Waals surface area contributed by atoms with Crippen LogP contribution in [0.4, 0.5) is 0 Å². The molecule has 2 heterocycles. The third-order valence-electron chi connectivity index (χ3n) is 5.71. The first kappa shape index (κ1) is 22.5. The minimum Gasteiger partial charge on any atom is -0.341 e. The summed E-state index contributed by atoms with van der Waals surface area (Å²) < 4.78 is 25.5. The van der Waals surface area contributed by atoms with Gasteiger partial charge in [-0.3, -0.25) is 9.36 Å². The van der Waals surface area contributed by atoms with E-state index >= 15 is 0 Å². The Hall–Kier alpha value is -2.65. The highest BCUT2D eigenvalue weighted by molar-refractivity contribution is 7.99. The van der Waals surface area contributed by atoms with E-state index in [-0.39, 0.29) is 29.2 Å². The lowest BCUT2D eigenvalue weighted by molar-refractivity contribution is -0.128. The Morgan fingerprint density at radius 3 is 2.28 bits per heavy atom. The van der Waals surface area contributed by atoms with Crippen LogP contribution >= 0.6 is 11.8 Å². The van der Waals surface area contributed by atoms with Crippen molar-refractivity contribution in [1.82, 2.24) is 19.7 Å². The molecule has 3 aromatic rings. The Bertz CT molecular complexity index is 1220. The summed E-state index contributed by atoms with van der Waals surface area (Å²) in [5.41, 5.74) is 4.17. The largest absolute Gasteiger partial charge is 0.341 e. The van der Waals surface area contributed by atoms with Crippen LogP contribution < -0.4 is 0 Å². The molecule has 0 spiro atoms. The van der Waals surface area contributed by atoms with Gasteiger partial charge in [-0.2, -0.15) is 0 Å². The van der Waals surface area contributed by atoms with Crippen molar-refractivity contribution in [3.05, 3.63) is 59.7 Å². The van der Waals surface area contributed by atoms with Gasteiger partial charge < -0.3 is 4.90 Å². The zero-order chi connectivity index (χ0) is 22.9. The van der Waals surface area contributed by atoms with Crippen molar-refractivity contribution in [3.8, 4) is 17.1 Å². The normalized spacial score (nSPS) is 17.4. The molecule has 1 aliphatic heterocycles. The molecule has 0 N–H and O–H groups in total. The number of amides is 1. The average molecular weight is 471 g/mol. The fourth-order valence-electron chi connectivity index (χ4n) is 3.69. The molecule has 1 atom stereocenters. The third-order valence-corrected chi connectivity index (χ3v) is 8.37. The zero-order valence-corrected chi connectivity index (χ0v) is 20.0. The van der Waals surface area contributed by atoms with Crippen molar-refractivity contribution in [2.24, 2.45) is 0 Å². The Morgan fingerprint density at radius 1 is 1.06 bits per heavy atom. The molecule has 4 rings (SSSR count). The van der Waals surface area contributed by atoms with Gasteiger partial charge in [0.15, 0.2) is 20.8 Å². The molecule has 1 amide bonds. The maximum Gasteiger partial charge on any atom is 0.233 e. The summed E-state index contributed by atoms with van der Waals surface area (Å²) >= 11 is 1.31. The summed E-state index contributed by atoms with van der Waals surface area (Å²) in [6.45, 7) is 4.07. The number of hydrogen-bond donors (Lipinski definition) is 0. The van der Waals surface area contributed by atoms with Crippen molar-refractivity contribution in [1.29, 1.82) is 0 Å². The van der Waals surface area contributed by atoms with E-state index in [9.17, 15) is 13.2 Å². The Morgan fingerprint density at radius 2 is 1.69 bits per heavy atom.